The molecule has 17 heavy (non-hydrogen) atoms. The summed E-state index contributed by atoms with van der Waals surface area (Å²) in [6, 6.07) is 4.92. The van der Waals surface area contributed by atoms with Gasteiger partial charge in [-0.3, -0.25) is 0 Å². The van der Waals surface area contributed by atoms with Gasteiger partial charge in [-0.1, -0.05) is 6.07 Å². The second-order valence-electron chi connectivity index (χ2n) is 4.08. The molecule has 0 radical (unpaired) electrons. The summed E-state index contributed by atoms with van der Waals surface area (Å²) < 4.78 is 15.4. The highest BCUT2D eigenvalue weighted by Crippen LogP contribution is 2.23. The second-order valence-corrected chi connectivity index (χ2v) is 4.35. The van der Waals surface area contributed by atoms with Crippen LogP contribution in [-0.2, 0) is 5.88 Å². The molecule has 2 rings (SSSR count). The predicted octanol–water partition coefficient (Wildman–Crippen LogP) is 3.68. The monoisotopic (exact) mass is 252 g/mol. The van der Waals surface area contributed by atoms with E-state index >= 15 is 0 Å². The van der Waals surface area contributed by atoms with E-state index < -0.39 is 0 Å². The van der Waals surface area contributed by atoms with Gasteiger partial charge in [-0.15, -0.1) is 11.6 Å². The first kappa shape index (κ1) is 12.1. The van der Waals surface area contributed by atoms with Crippen molar-refractivity contribution < 1.29 is 4.39 Å². The predicted molar refractivity (Wildman–Crippen MR) is 67.3 cm³/mol. The molecule has 1 heterocycles. The molecule has 1 aromatic heterocycles. The van der Waals surface area contributed by atoms with Crippen LogP contribution in [0.25, 0.3) is 5.69 Å². The number of aryl methyl sites for hydroxylation is 1. The van der Waals surface area contributed by atoms with Gasteiger partial charge in [0, 0.05) is 11.3 Å². The molecule has 0 bridgehead atoms. The Morgan fingerprint density at radius 3 is 2.53 bits per heavy atom. The fourth-order valence-electron chi connectivity index (χ4n) is 1.83. The van der Waals surface area contributed by atoms with Gasteiger partial charge in [0.2, 0.25) is 0 Å². The third-order valence-corrected chi connectivity index (χ3v) is 3.38. The van der Waals surface area contributed by atoms with Crippen LogP contribution in [0.15, 0.2) is 18.2 Å². The molecular weight excluding hydrogens is 239 g/mol. The molecule has 4 heteroatoms. The SMILES string of the molecule is Cc1nn(-c2cccc(F)c2CCl)c(C)c1C. The largest absolute Gasteiger partial charge is 0.237 e. The summed E-state index contributed by atoms with van der Waals surface area (Å²) in [6.07, 6.45) is 0. The molecule has 0 aliphatic rings. The number of benzene rings is 1. The molecule has 0 fully saturated rings. The standard InChI is InChI=1S/C13H14ClFN2/c1-8-9(2)16-17(10(8)3)13-6-4-5-12(15)11(13)7-14/h4-6H,7H2,1-3H3. The van der Waals surface area contributed by atoms with Crippen LogP contribution in [0, 0.1) is 26.6 Å². The van der Waals surface area contributed by atoms with Crippen molar-refractivity contribution in [3.8, 4) is 5.69 Å². The Morgan fingerprint density at radius 1 is 1.29 bits per heavy atom. The highest BCUT2D eigenvalue weighted by atomic mass is 35.5. The lowest BCUT2D eigenvalue weighted by molar-refractivity contribution is 0.613. The zero-order valence-electron chi connectivity index (χ0n) is 10.1. The topological polar surface area (TPSA) is 17.8 Å². The summed E-state index contributed by atoms with van der Waals surface area (Å²) in [5, 5.41) is 4.42. The summed E-state index contributed by atoms with van der Waals surface area (Å²) in [4.78, 5) is 0. The summed E-state index contributed by atoms with van der Waals surface area (Å²) in [6.45, 7) is 5.92. The van der Waals surface area contributed by atoms with Gasteiger partial charge in [-0.2, -0.15) is 5.10 Å². The fourth-order valence-corrected chi connectivity index (χ4v) is 2.10. The first-order chi connectivity index (χ1) is 8.06. The molecule has 2 nitrogen and oxygen atoms in total. The maximum atomic E-state index is 13.6. The lowest BCUT2D eigenvalue weighted by Gasteiger charge is -2.10. The van der Waals surface area contributed by atoms with Crippen molar-refractivity contribution in [3.05, 3.63) is 46.5 Å². The van der Waals surface area contributed by atoms with Crippen molar-refractivity contribution in [2.45, 2.75) is 26.7 Å². The van der Waals surface area contributed by atoms with Gasteiger partial charge in [0.25, 0.3) is 0 Å². The van der Waals surface area contributed by atoms with Crippen molar-refractivity contribution in [2.24, 2.45) is 0 Å². The number of nitrogens with zero attached hydrogens (tertiary/aromatic N) is 2. The van der Waals surface area contributed by atoms with Gasteiger partial charge < -0.3 is 0 Å². The van der Waals surface area contributed by atoms with Crippen molar-refractivity contribution >= 4 is 11.6 Å². The lowest BCUT2D eigenvalue weighted by atomic mass is 10.1. The smallest absolute Gasteiger partial charge is 0.129 e. The molecule has 0 aliphatic carbocycles. The van der Waals surface area contributed by atoms with Gasteiger partial charge in [0.05, 0.1) is 17.3 Å². The van der Waals surface area contributed by atoms with E-state index in [4.69, 9.17) is 11.6 Å². The second kappa shape index (κ2) is 4.49. The number of hydrogen-bond donors (Lipinski definition) is 0. The zero-order valence-corrected chi connectivity index (χ0v) is 10.8. The molecule has 0 aliphatic heterocycles. The minimum Gasteiger partial charge on any atom is -0.237 e. The molecule has 1 aromatic carbocycles. The quantitative estimate of drug-likeness (QED) is 0.746. The van der Waals surface area contributed by atoms with E-state index in [1.807, 2.05) is 26.8 Å². The van der Waals surface area contributed by atoms with Crippen LogP contribution in [-0.4, -0.2) is 9.78 Å². The number of rotatable bonds is 2. The Bertz CT molecular complexity index is 561. The number of halogens is 2. The maximum Gasteiger partial charge on any atom is 0.129 e. The van der Waals surface area contributed by atoms with Crippen LogP contribution >= 0.6 is 11.6 Å². The van der Waals surface area contributed by atoms with E-state index in [1.165, 1.54) is 6.07 Å². The Balaban J connectivity index is 2.68. The molecule has 2 aromatic rings. The van der Waals surface area contributed by atoms with E-state index in [2.05, 4.69) is 5.10 Å². The number of aromatic nitrogens is 2. The molecule has 0 spiro atoms. The van der Waals surface area contributed by atoms with Crippen molar-refractivity contribution in [1.82, 2.24) is 9.78 Å². The molecule has 0 saturated heterocycles. The minimum atomic E-state index is -0.289. The Hall–Kier alpha value is -1.35. The van der Waals surface area contributed by atoms with Crippen LogP contribution in [0.2, 0.25) is 0 Å². The minimum absolute atomic E-state index is 0.138. The molecule has 0 amide bonds. The Morgan fingerprint density at radius 2 is 2.00 bits per heavy atom. The van der Waals surface area contributed by atoms with E-state index in [9.17, 15) is 4.39 Å². The number of hydrogen-bond acceptors (Lipinski definition) is 1. The van der Waals surface area contributed by atoms with Crippen molar-refractivity contribution in [1.29, 1.82) is 0 Å². The average Bonchev–Trinajstić information content (AvgIpc) is 2.56. The van der Waals surface area contributed by atoms with Crippen molar-refractivity contribution in [3.63, 3.8) is 0 Å². The molecule has 0 atom stereocenters. The van der Waals surface area contributed by atoms with E-state index in [0.717, 1.165) is 17.0 Å². The van der Waals surface area contributed by atoms with Crippen LogP contribution in [0.5, 0.6) is 0 Å². The zero-order chi connectivity index (χ0) is 12.6. The normalized spacial score (nSPS) is 10.9. The van der Waals surface area contributed by atoms with Gasteiger partial charge in [0.15, 0.2) is 0 Å². The van der Waals surface area contributed by atoms with Crippen LogP contribution in [0.3, 0.4) is 0 Å². The van der Waals surface area contributed by atoms with Crippen LogP contribution in [0.4, 0.5) is 4.39 Å². The van der Waals surface area contributed by atoms with Crippen LogP contribution in [0.1, 0.15) is 22.5 Å². The summed E-state index contributed by atoms with van der Waals surface area (Å²) in [7, 11) is 0. The first-order valence-corrected chi connectivity index (χ1v) is 5.96. The summed E-state index contributed by atoms with van der Waals surface area (Å²) in [5.74, 6) is -0.151. The molecule has 90 valence electrons. The third-order valence-electron chi connectivity index (χ3n) is 3.11. The summed E-state index contributed by atoms with van der Waals surface area (Å²) in [5.41, 5.74) is 4.29. The van der Waals surface area contributed by atoms with E-state index in [0.29, 0.717) is 11.3 Å². The molecule has 0 unspecified atom stereocenters. The molecule has 0 saturated carbocycles. The van der Waals surface area contributed by atoms with Gasteiger partial charge >= 0.3 is 0 Å². The lowest BCUT2D eigenvalue weighted by Crippen LogP contribution is -2.04. The fraction of sp³-hybridized carbons (Fsp3) is 0.308. The average molecular weight is 253 g/mol. The Labute approximate surface area is 105 Å². The maximum absolute atomic E-state index is 13.6. The first-order valence-electron chi connectivity index (χ1n) is 5.42. The summed E-state index contributed by atoms with van der Waals surface area (Å²) >= 11 is 5.81. The van der Waals surface area contributed by atoms with E-state index in [-0.39, 0.29) is 11.7 Å². The number of alkyl halides is 1. The molecular formula is C13H14ClFN2. The Kier molecular flexibility index (Phi) is 3.20. The van der Waals surface area contributed by atoms with Crippen molar-refractivity contribution in [2.75, 3.05) is 0 Å². The van der Waals surface area contributed by atoms with Gasteiger partial charge in [0.1, 0.15) is 5.82 Å². The van der Waals surface area contributed by atoms with E-state index in [1.54, 1.807) is 10.7 Å². The van der Waals surface area contributed by atoms with Crippen LogP contribution < -0.4 is 0 Å². The molecule has 0 N–H and O–H groups in total. The highest BCUT2D eigenvalue weighted by molar-refractivity contribution is 6.17. The highest BCUT2D eigenvalue weighted by Gasteiger charge is 2.14. The third kappa shape index (κ3) is 1.95. The van der Waals surface area contributed by atoms with Gasteiger partial charge in [-0.05, 0) is 38.5 Å². The van der Waals surface area contributed by atoms with Gasteiger partial charge in [-0.25, -0.2) is 9.07 Å².